The van der Waals surface area contributed by atoms with Gasteiger partial charge in [-0.25, -0.2) is 0 Å². The fourth-order valence-electron chi connectivity index (χ4n) is 1.19. The predicted molar refractivity (Wildman–Crippen MR) is 55.8 cm³/mol. The van der Waals surface area contributed by atoms with Gasteiger partial charge in [0.2, 0.25) is 0 Å². The molecule has 0 unspecified atom stereocenters. The second-order valence-corrected chi connectivity index (χ2v) is 3.09. The highest BCUT2D eigenvalue weighted by atomic mass is 16.5. The summed E-state index contributed by atoms with van der Waals surface area (Å²) in [5.41, 5.74) is 7.50. The van der Waals surface area contributed by atoms with Gasteiger partial charge in [0.25, 0.3) is 0 Å². The van der Waals surface area contributed by atoms with Gasteiger partial charge in [-0.1, -0.05) is 12.1 Å². The van der Waals surface area contributed by atoms with E-state index >= 15 is 0 Å². The molecule has 13 heavy (non-hydrogen) atoms. The normalized spacial score (nSPS) is 12.5. The van der Waals surface area contributed by atoms with Gasteiger partial charge >= 0.3 is 0 Å². The van der Waals surface area contributed by atoms with Crippen LogP contribution in [0.5, 0.6) is 0 Å². The van der Waals surface area contributed by atoms with Gasteiger partial charge in [-0.15, -0.1) is 0 Å². The summed E-state index contributed by atoms with van der Waals surface area (Å²) in [6.45, 7) is 2.73. The average molecular weight is 180 g/mol. The quantitative estimate of drug-likeness (QED) is 0.693. The van der Waals surface area contributed by atoms with Crippen molar-refractivity contribution in [2.45, 2.75) is 13.0 Å². The van der Waals surface area contributed by atoms with Gasteiger partial charge in [0.1, 0.15) is 0 Å². The van der Waals surface area contributed by atoms with E-state index in [4.69, 9.17) is 10.5 Å². The maximum absolute atomic E-state index is 5.76. The van der Waals surface area contributed by atoms with Crippen LogP contribution in [0.4, 0.5) is 11.4 Å². The van der Waals surface area contributed by atoms with Crippen LogP contribution in [-0.4, -0.2) is 19.8 Å². The molecule has 3 heteroatoms. The van der Waals surface area contributed by atoms with Crippen molar-refractivity contribution in [3.8, 4) is 0 Å². The van der Waals surface area contributed by atoms with Crippen LogP contribution >= 0.6 is 0 Å². The first-order chi connectivity index (χ1) is 6.24. The second-order valence-electron chi connectivity index (χ2n) is 3.09. The summed E-state index contributed by atoms with van der Waals surface area (Å²) in [6.07, 6.45) is 0. The van der Waals surface area contributed by atoms with Crippen LogP contribution in [0, 0.1) is 0 Å². The van der Waals surface area contributed by atoms with E-state index in [0.717, 1.165) is 11.4 Å². The van der Waals surface area contributed by atoms with Crippen molar-refractivity contribution in [1.29, 1.82) is 0 Å². The lowest BCUT2D eigenvalue weighted by molar-refractivity contribution is 0.190. The third-order valence-electron chi connectivity index (χ3n) is 1.78. The van der Waals surface area contributed by atoms with Gasteiger partial charge in [0, 0.05) is 13.2 Å². The maximum atomic E-state index is 5.76. The van der Waals surface area contributed by atoms with Crippen molar-refractivity contribution in [3.05, 3.63) is 24.3 Å². The second kappa shape index (κ2) is 4.72. The molecule has 1 aromatic carbocycles. The van der Waals surface area contributed by atoms with Crippen LogP contribution in [0.3, 0.4) is 0 Å². The Bertz CT molecular complexity index is 263. The molecule has 0 saturated carbocycles. The first-order valence-corrected chi connectivity index (χ1v) is 4.34. The van der Waals surface area contributed by atoms with Crippen molar-refractivity contribution < 1.29 is 4.74 Å². The Morgan fingerprint density at radius 1 is 1.46 bits per heavy atom. The molecule has 72 valence electrons. The lowest BCUT2D eigenvalue weighted by atomic mass is 10.2. The van der Waals surface area contributed by atoms with E-state index in [1.165, 1.54) is 0 Å². The molecule has 1 atom stereocenters. The molecule has 0 aliphatic heterocycles. The summed E-state index contributed by atoms with van der Waals surface area (Å²) < 4.78 is 5.01. The third kappa shape index (κ3) is 2.95. The molecule has 0 fully saturated rings. The molecule has 0 aliphatic rings. The van der Waals surface area contributed by atoms with Gasteiger partial charge in [0.15, 0.2) is 0 Å². The largest absolute Gasteiger partial charge is 0.397 e. The topological polar surface area (TPSA) is 47.3 Å². The number of benzene rings is 1. The van der Waals surface area contributed by atoms with Crippen LogP contribution < -0.4 is 11.1 Å². The van der Waals surface area contributed by atoms with Crippen molar-refractivity contribution in [2.24, 2.45) is 0 Å². The number of para-hydroxylation sites is 2. The monoisotopic (exact) mass is 180 g/mol. The minimum Gasteiger partial charge on any atom is -0.397 e. The Morgan fingerprint density at radius 3 is 2.77 bits per heavy atom. The van der Waals surface area contributed by atoms with Crippen LogP contribution in [0.15, 0.2) is 24.3 Å². The molecular weight excluding hydrogens is 164 g/mol. The summed E-state index contributed by atoms with van der Waals surface area (Å²) in [5.74, 6) is 0. The number of nitrogens with two attached hydrogens (primary N) is 1. The SMILES string of the molecule is COC[C@H](C)Nc1ccccc1N. The molecule has 0 aromatic heterocycles. The van der Waals surface area contributed by atoms with Crippen molar-refractivity contribution in [3.63, 3.8) is 0 Å². The standard InChI is InChI=1S/C10H16N2O/c1-8(7-13-2)12-10-6-4-3-5-9(10)11/h3-6,8,12H,7,11H2,1-2H3/t8-/m0/s1. The maximum Gasteiger partial charge on any atom is 0.0661 e. The Balaban J connectivity index is 2.58. The number of anilines is 2. The smallest absolute Gasteiger partial charge is 0.0661 e. The number of hydrogen-bond acceptors (Lipinski definition) is 3. The summed E-state index contributed by atoms with van der Waals surface area (Å²) >= 11 is 0. The number of nitrogen functional groups attached to an aromatic ring is 1. The van der Waals surface area contributed by atoms with Gasteiger partial charge < -0.3 is 15.8 Å². The first-order valence-electron chi connectivity index (χ1n) is 4.34. The van der Waals surface area contributed by atoms with E-state index in [1.54, 1.807) is 7.11 Å². The summed E-state index contributed by atoms with van der Waals surface area (Å²) in [5, 5.41) is 3.26. The Labute approximate surface area is 78.9 Å². The fourth-order valence-corrected chi connectivity index (χ4v) is 1.19. The zero-order chi connectivity index (χ0) is 9.68. The van der Waals surface area contributed by atoms with Crippen LogP contribution in [0.2, 0.25) is 0 Å². The summed E-state index contributed by atoms with van der Waals surface area (Å²) in [6, 6.07) is 7.98. The van der Waals surface area contributed by atoms with Gasteiger partial charge in [-0.05, 0) is 19.1 Å². The minimum absolute atomic E-state index is 0.273. The van der Waals surface area contributed by atoms with Crippen molar-refractivity contribution >= 4 is 11.4 Å². The van der Waals surface area contributed by atoms with Crippen LogP contribution in [0.1, 0.15) is 6.92 Å². The molecule has 0 aliphatic carbocycles. The van der Waals surface area contributed by atoms with E-state index in [-0.39, 0.29) is 6.04 Å². The molecule has 1 rings (SSSR count). The van der Waals surface area contributed by atoms with Crippen molar-refractivity contribution in [2.75, 3.05) is 24.8 Å². The van der Waals surface area contributed by atoms with Crippen LogP contribution in [-0.2, 0) is 4.74 Å². The lowest BCUT2D eigenvalue weighted by Crippen LogP contribution is -2.21. The van der Waals surface area contributed by atoms with E-state index < -0.39 is 0 Å². The molecule has 0 radical (unpaired) electrons. The molecule has 0 saturated heterocycles. The van der Waals surface area contributed by atoms with E-state index in [2.05, 4.69) is 12.2 Å². The zero-order valence-corrected chi connectivity index (χ0v) is 8.08. The third-order valence-corrected chi connectivity index (χ3v) is 1.78. The van der Waals surface area contributed by atoms with E-state index in [0.29, 0.717) is 6.61 Å². The number of rotatable bonds is 4. The molecule has 3 N–H and O–H groups in total. The van der Waals surface area contributed by atoms with Crippen LogP contribution in [0.25, 0.3) is 0 Å². The molecule has 0 heterocycles. The number of methoxy groups -OCH3 is 1. The Hall–Kier alpha value is -1.22. The zero-order valence-electron chi connectivity index (χ0n) is 8.08. The average Bonchev–Trinajstić information content (AvgIpc) is 2.09. The molecule has 1 aromatic rings. The molecule has 0 bridgehead atoms. The van der Waals surface area contributed by atoms with Gasteiger partial charge in [-0.3, -0.25) is 0 Å². The summed E-state index contributed by atoms with van der Waals surface area (Å²) in [7, 11) is 1.69. The first kappa shape index (κ1) is 9.86. The van der Waals surface area contributed by atoms with Crippen molar-refractivity contribution in [1.82, 2.24) is 0 Å². The Morgan fingerprint density at radius 2 is 2.15 bits per heavy atom. The highest BCUT2D eigenvalue weighted by Gasteiger charge is 2.02. The summed E-state index contributed by atoms with van der Waals surface area (Å²) in [4.78, 5) is 0. The van der Waals surface area contributed by atoms with Gasteiger partial charge in [-0.2, -0.15) is 0 Å². The molecule has 0 spiro atoms. The fraction of sp³-hybridized carbons (Fsp3) is 0.400. The minimum atomic E-state index is 0.273. The lowest BCUT2D eigenvalue weighted by Gasteiger charge is -2.15. The number of hydrogen-bond donors (Lipinski definition) is 2. The number of nitrogens with one attached hydrogen (secondary N) is 1. The van der Waals surface area contributed by atoms with E-state index in [9.17, 15) is 0 Å². The molecule has 0 amide bonds. The van der Waals surface area contributed by atoms with Gasteiger partial charge in [0.05, 0.1) is 18.0 Å². The predicted octanol–water partition coefficient (Wildman–Crippen LogP) is 1.72. The Kier molecular flexibility index (Phi) is 3.58. The highest BCUT2D eigenvalue weighted by Crippen LogP contribution is 2.17. The highest BCUT2D eigenvalue weighted by molar-refractivity contribution is 5.65. The van der Waals surface area contributed by atoms with E-state index in [1.807, 2.05) is 24.3 Å². The number of ether oxygens (including phenoxy) is 1. The molecule has 3 nitrogen and oxygen atoms in total. The molecular formula is C10H16N2O.